The molecule has 0 spiro atoms. The zero-order valence-electron chi connectivity index (χ0n) is 12.0. The molecule has 0 aliphatic rings. The van der Waals surface area contributed by atoms with Crippen molar-refractivity contribution in [3.05, 3.63) is 35.9 Å². The van der Waals surface area contributed by atoms with E-state index in [4.69, 9.17) is 16.0 Å². The lowest BCUT2D eigenvalue weighted by Crippen LogP contribution is -2.25. The van der Waals surface area contributed by atoms with Crippen molar-refractivity contribution in [2.24, 2.45) is 5.73 Å². The highest BCUT2D eigenvalue weighted by molar-refractivity contribution is 5.13. The van der Waals surface area contributed by atoms with Crippen LogP contribution in [0.2, 0.25) is 0 Å². The molecule has 0 aromatic heterocycles. The summed E-state index contributed by atoms with van der Waals surface area (Å²) in [6.07, 6.45) is 0. The summed E-state index contributed by atoms with van der Waals surface area (Å²) in [4.78, 5) is 0. The van der Waals surface area contributed by atoms with Crippen LogP contribution >= 0.6 is 0 Å². The Morgan fingerprint density at radius 2 is 2.14 bits per heavy atom. The number of nitrogens with one attached hydrogen (secondary N) is 1. The highest BCUT2D eigenvalue weighted by Gasteiger charge is 1.90. The predicted molar refractivity (Wildman–Crippen MR) is 58.0 cm³/mol. The quantitative estimate of drug-likeness (QED) is 0.636. The van der Waals surface area contributed by atoms with Crippen molar-refractivity contribution >= 4 is 0 Å². The van der Waals surface area contributed by atoms with Crippen LogP contribution in [0, 0.1) is 0 Å². The van der Waals surface area contributed by atoms with Crippen LogP contribution in [0.1, 0.15) is 11.0 Å². The minimum absolute atomic E-state index is 0.191. The molecule has 0 aliphatic heterocycles. The van der Waals surface area contributed by atoms with Gasteiger partial charge in [-0.1, -0.05) is 30.3 Å². The third kappa shape index (κ3) is 4.97. The highest BCUT2D eigenvalue weighted by atomic mass is 16.5. The molecule has 3 heteroatoms. The molecule has 78 valence electrons. The predicted octanol–water partition coefficient (Wildman–Crippen LogP) is 0.751. The van der Waals surface area contributed by atoms with Crippen LogP contribution in [0.5, 0.6) is 0 Å². The molecule has 1 aromatic carbocycles. The van der Waals surface area contributed by atoms with Gasteiger partial charge in [-0.3, -0.25) is 0 Å². The minimum atomic E-state index is -2.42. The molecule has 0 unspecified atom stereocenters. The van der Waals surface area contributed by atoms with Gasteiger partial charge in [0.1, 0.15) is 0 Å². The molecule has 3 nitrogen and oxygen atoms in total. The number of nitrogens with two attached hydrogens (primary N) is 1. The topological polar surface area (TPSA) is 47.3 Å². The first-order valence-corrected chi connectivity index (χ1v) is 4.48. The first kappa shape index (κ1) is 6.56. The average Bonchev–Trinajstić information content (AvgIpc) is 2.28. The minimum Gasteiger partial charge on any atom is -0.375 e. The van der Waals surface area contributed by atoms with Gasteiger partial charge in [-0.15, -0.1) is 0 Å². The fourth-order valence-corrected chi connectivity index (χ4v) is 1.00. The molecule has 1 rings (SSSR count). The Balaban J connectivity index is 2.20. The summed E-state index contributed by atoms with van der Waals surface area (Å²) in [5.41, 5.74) is 6.11. The molecular weight excluding hydrogens is 176 g/mol. The van der Waals surface area contributed by atoms with E-state index >= 15 is 0 Å². The molecule has 0 bridgehead atoms. The van der Waals surface area contributed by atoms with Crippen LogP contribution < -0.4 is 11.1 Å². The second-order valence-electron chi connectivity index (χ2n) is 2.73. The van der Waals surface area contributed by atoms with Gasteiger partial charge in [-0.25, -0.2) is 0 Å². The van der Waals surface area contributed by atoms with E-state index in [2.05, 4.69) is 5.32 Å². The van der Waals surface area contributed by atoms with Crippen molar-refractivity contribution in [2.45, 2.75) is 6.61 Å². The Kier molecular flexibility index (Phi) is 3.51. The summed E-state index contributed by atoms with van der Waals surface area (Å²) < 4.78 is 34.3. The van der Waals surface area contributed by atoms with Gasteiger partial charge < -0.3 is 15.8 Å². The molecule has 0 fully saturated rings. The van der Waals surface area contributed by atoms with Crippen molar-refractivity contribution in [1.29, 1.82) is 0 Å². The number of hydrogen-bond acceptors (Lipinski definition) is 3. The largest absolute Gasteiger partial charge is 0.375 e. The first-order valence-electron chi connectivity index (χ1n) is 6.48. The first-order chi connectivity index (χ1) is 8.33. The van der Waals surface area contributed by atoms with E-state index < -0.39 is 13.0 Å². The Labute approximate surface area is 90.9 Å². The van der Waals surface area contributed by atoms with Gasteiger partial charge in [-0.2, -0.15) is 0 Å². The molecule has 0 amide bonds. The fourth-order valence-electron chi connectivity index (χ4n) is 1.00. The molecule has 0 atom stereocenters. The van der Waals surface area contributed by atoms with Crippen molar-refractivity contribution in [2.75, 3.05) is 26.1 Å². The lowest BCUT2D eigenvalue weighted by atomic mass is 10.2. The number of rotatable bonds is 7. The highest BCUT2D eigenvalue weighted by Crippen LogP contribution is 1.99. The van der Waals surface area contributed by atoms with E-state index in [-0.39, 0.29) is 13.2 Å². The molecule has 0 aliphatic carbocycles. The third-order valence-electron chi connectivity index (χ3n) is 1.64. The van der Waals surface area contributed by atoms with Crippen LogP contribution in [0.15, 0.2) is 30.3 Å². The molecule has 0 saturated heterocycles. The SMILES string of the molecule is [2H]C([2H])(N)C([2H])([2H])NCCOCc1ccccc1. The third-order valence-corrected chi connectivity index (χ3v) is 1.64. The molecule has 3 N–H and O–H groups in total. The van der Waals surface area contributed by atoms with Gasteiger partial charge in [0.25, 0.3) is 0 Å². The Hall–Kier alpha value is -0.900. The van der Waals surface area contributed by atoms with Gasteiger partial charge in [0.15, 0.2) is 0 Å². The van der Waals surface area contributed by atoms with E-state index in [1.54, 1.807) is 0 Å². The Morgan fingerprint density at radius 1 is 1.36 bits per heavy atom. The number of benzene rings is 1. The van der Waals surface area contributed by atoms with Crippen LogP contribution in [0.3, 0.4) is 0 Å². The second-order valence-corrected chi connectivity index (χ2v) is 2.73. The number of hydrogen-bond donors (Lipinski definition) is 2. The summed E-state index contributed by atoms with van der Waals surface area (Å²) in [5.74, 6) is 0. The standard InChI is InChI=1S/C11H18N2O/c12-6-7-13-8-9-14-10-11-4-2-1-3-5-11/h1-5,13H,6-10,12H2/i6D2,7D2. The van der Waals surface area contributed by atoms with Crippen LogP contribution in [0.25, 0.3) is 0 Å². The Bertz CT molecular complexity index is 354. The summed E-state index contributed by atoms with van der Waals surface area (Å²) in [7, 11) is 0. The normalized spacial score (nSPS) is 16.6. The van der Waals surface area contributed by atoms with Crippen LogP contribution in [-0.2, 0) is 11.3 Å². The van der Waals surface area contributed by atoms with Crippen LogP contribution in [-0.4, -0.2) is 26.1 Å². The summed E-state index contributed by atoms with van der Waals surface area (Å²) >= 11 is 0. The van der Waals surface area contributed by atoms with Crippen molar-refractivity contribution < 1.29 is 10.2 Å². The van der Waals surface area contributed by atoms with E-state index in [9.17, 15) is 0 Å². The second kappa shape index (κ2) is 7.50. The molecule has 0 heterocycles. The zero-order chi connectivity index (χ0) is 13.6. The number of ether oxygens (including phenoxy) is 1. The van der Waals surface area contributed by atoms with E-state index in [0.29, 0.717) is 6.61 Å². The van der Waals surface area contributed by atoms with Crippen LogP contribution in [0.4, 0.5) is 0 Å². The van der Waals surface area contributed by atoms with Gasteiger partial charge in [-0.05, 0) is 5.56 Å². The molecule has 0 radical (unpaired) electrons. The molecular formula is C11H18N2O. The van der Waals surface area contributed by atoms with Crippen molar-refractivity contribution in [3.8, 4) is 0 Å². The van der Waals surface area contributed by atoms with Gasteiger partial charge in [0, 0.05) is 25.0 Å². The fraction of sp³-hybridized carbons (Fsp3) is 0.455. The smallest absolute Gasteiger partial charge is 0.0717 e. The van der Waals surface area contributed by atoms with E-state index in [0.717, 1.165) is 5.56 Å². The lowest BCUT2D eigenvalue weighted by Gasteiger charge is -2.04. The van der Waals surface area contributed by atoms with E-state index in [1.165, 1.54) is 0 Å². The maximum Gasteiger partial charge on any atom is 0.0717 e. The van der Waals surface area contributed by atoms with Crippen molar-refractivity contribution in [3.63, 3.8) is 0 Å². The molecule has 0 saturated carbocycles. The summed E-state index contributed by atoms with van der Waals surface area (Å²) in [6.45, 7) is -3.78. The van der Waals surface area contributed by atoms with Crippen molar-refractivity contribution in [1.82, 2.24) is 5.32 Å². The van der Waals surface area contributed by atoms with Gasteiger partial charge in [0.05, 0.1) is 13.2 Å². The maximum absolute atomic E-state index is 7.38. The van der Waals surface area contributed by atoms with E-state index in [1.807, 2.05) is 30.3 Å². The zero-order valence-corrected chi connectivity index (χ0v) is 7.99. The lowest BCUT2D eigenvalue weighted by molar-refractivity contribution is 0.123. The monoisotopic (exact) mass is 198 g/mol. The van der Waals surface area contributed by atoms with Gasteiger partial charge in [0.2, 0.25) is 0 Å². The summed E-state index contributed by atoms with van der Waals surface area (Å²) in [6, 6.07) is 9.62. The summed E-state index contributed by atoms with van der Waals surface area (Å²) in [5, 5.41) is 2.39. The molecule has 1 aromatic rings. The Morgan fingerprint density at radius 3 is 2.86 bits per heavy atom. The molecule has 14 heavy (non-hydrogen) atoms. The average molecular weight is 198 g/mol. The van der Waals surface area contributed by atoms with Gasteiger partial charge >= 0.3 is 0 Å². The maximum atomic E-state index is 7.38.